The van der Waals surface area contributed by atoms with Gasteiger partial charge in [-0.25, -0.2) is 0 Å². The first-order valence-electron chi connectivity index (χ1n) is 6.56. The summed E-state index contributed by atoms with van der Waals surface area (Å²) >= 11 is 0. The smallest absolute Gasteiger partial charge is 0.0497 e. The third-order valence-electron chi connectivity index (χ3n) is 4.11. The number of rotatable bonds is 4. The van der Waals surface area contributed by atoms with E-state index in [1.165, 1.54) is 24.8 Å². The third-order valence-corrected chi connectivity index (χ3v) is 4.11. The molecule has 1 aromatic rings. The fraction of sp³-hybridized carbons (Fsp3) is 0.600. The van der Waals surface area contributed by atoms with Crippen LogP contribution in [0.15, 0.2) is 18.2 Å². The monoisotopic (exact) mass is 232 g/mol. The number of hydrogen-bond donors (Lipinski definition) is 2. The zero-order valence-electron chi connectivity index (χ0n) is 11.4. The molecule has 0 saturated carbocycles. The standard InChI is InChI=1S/C15H24N2/c1-15(2,17-4)14(16-3)13-9-8-11-6-5-7-12(11)10-13/h8-10,14,16-17H,5-7H2,1-4H3. The molecule has 94 valence electrons. The maximum Gasteiger partial charge on any atom is 0.0497 e. The normalized spacial score (nSPS) is 16.9. The minimum Gasteiger partial charge on any atom is -0.313 e. The zero-order valence-corrected chi connectivity index (χ0v) is 11.4. The van der Waals surface area contributed by atoms with Crippen LogP contribution in [-0.4, -0.2) is 19.6 Å². The van der Waals surface area contributed by atoms with Gasteiger partial charge >= 0.3 is 0 Å². The third kappa shape index (κ3) is 2.38. The summed E-state index contributed by atoms with van der Waals surface area (Å²) in [5.74, 6) is 0. The molecule has 17 heavy (non-hydrogen) atoms. The molecule has 0 heterocycles. The van der Waals surface area contributed by atoms with E-state index in [0.29, 0.717) is 6.04 Å². The Morgan fingerprint density at radius 3 is 2.47 bits per heavy atom. The van der Waals surface area contributed by atoms with Gasteiger partial charge in [0.05, 0.1) is 0 Å². The Morgan fingerprint density at radius 1 is 1.12 bits per heavy atom. The lowest BCUT2D eigenvalue weighted by molar-refractivity contribution is 0.311. The topological polar surface area (TPSA) is 24.1 Å². The van der Waals surface area contributed by atoms with E-state index in [0.717, 1.165) is 0 Å². The maximum atomic E-state index is 3.44. The van der Waals surface area contributed by atoms with Gasteiger partial charge in [0.15, 0.2) is 0 Å². The highest BCUT2D eigenvalue weighted by Crippen LogP contribution is 2.29. The van der Waals surface area contributed by atoms with Crippen molar-refractivity contribution in [1.29, 1.82) is 0 Å². The summed E-state index contributed by atoms with van der Waals surface area (Å²) < 4.78 is 0. The SMILES string of the molecule is CNC(c1ccc2c(c1)CCC2)C(C)(C)NC. The van der Waals surface area contributed by atoms with E-state index >= 15 is 0 Å². The van der Waals surface area contributed by atoms with Gasteiger partial charge < -0.3 is 10.6 Å². The number of fused-ring (bicyclic) bond motifs is 1. The summed E-state index contributed by atoms with van der Waals surface area (Å²) in [6, 6.07) is 7.33. The highest BCUT2D eigenvalue weighted by atomic mass is 15.0. The second kappa shape index (κ2) is 4.79. The van der Waals surface area contributed by atoms with Crippen LogP contribution < -0.4 is 10.6 Å². The Balaban J connectivity index is 2.32. The number of nitrogens with one attached hydrogen (secondary N) is 2. The summed E-state index contributed by atoms with van der Waals surface area (Å²) in [6.45, 7) is 4.47. The van der Waals surface area contributed by atoms with Gasteiger partial charge in [-0.05, 0) is 63.9 Å². The molecular weight excluding hydrogens is 208 g/mol. The van der Waals surface area contributed by atoms with E-state index < -0.39 is 0 Å². The number of hydrogen-bond acceptors (Lipinski definition) is 2. The first-order chi connectivity index (χ1) is 8.08. The van der Waals surface area contributed by atoms with Crippen molar-refractivity contribution in [2.24, 2.45) is 0 Å². The molecule has 0 fully saturated rings. The number of likely N-dealkylation sites (N-methyl/N-ethyl adjacent to an activating group) is 2. The summed E-state index contributed by atoms with van der Waals surface area (Å²) in [5.41, 5.74) is 4.55. The molecule has 1 aliphatic rings. The number of benzene rings is 1. The van der Waals surface area contributed by atoms with Crippen LogP contribution in [-0.2, 0) is 12.8 Å². The molecule has 1 aromatic carbocycles. The second-order valence-corrected chi connectivity index (χ2v) is 5.58. The molecule has 2 rings (SSSR count). The summed E-state index contributed by atoms with van der Waals surface area (Å²) in [6.07, 6.45) is 3.83. The van der Waals surface area contributed by atoms with Crippen molar-refractivity contribution in [2.45, 2.75) is 44.7 Å². The maximum absolute atomic E-state index is 3.44. The Morgan fingerprint density at radius 2 is 1.82 bits per heavy atom. The van der Waals surface area contributed by atoms with E-state index in [1.54, 1.807) is 11.1 Å². The Kier molecular flexibility index (Phi) is 3.55. The minimum absolute atomic E-state index is 0.0571. The second-order valence-electron chi connectivity index (χ2n) is 5.58. The van der Waals surface area contributed by atoms with Crippen LogP contribution >= 0.6 is 0 Å². The average molecular weight is 232 g/mol. The van der Waals surface area contributed by atoms with Gasteiger partial charge in [0.1, 0.15) is 0 Å². The van der Waals surface area contributed by atoms with Crippen molar-refractivity contribution in [3.05, 3.63) is 34.9 Å². The zero-order chi connectivity index (χ0) is 12.5. The molecule has 0 spiro atoms. The molecule has 0 amide bonds. The first-order valence-corrected chi connectivity index (χ1v) is 6.56. The lowest BCUT2D eigenvalue weighted by atomic mass is 9.87. The highest BCUT2D eigenvalue weighted by molar-refractivity contribution is 5.37. The first kappa shape index (κ1) is 12.6. The van der Waals surface area contributed by atoms with E-state index in [9.17, 15) is 0 Å². The van der Waals surface area contributed by atoms with Crippen LogP contribution in [0.25, 0.3) is 0 Å². The fourth-order valence-corrected chi connectivity index (χ4v) is 2.86. The molecule has 1 atom stereocenters. The summed E-state index contributed by atoms with van der Waals surface area (Å²) in [7, 11) is 4.06. The van der Waals surface area contributed by atoms with Crippen molar-refractivity contribution < 1.29 is 0 Å². The van der Waals surface area contributed by atoms with Crippen molar-refractivity contribution in [3.8, 4) is 0 Å². The van der Waals surface area contributed by atoms with Gasteiger partial charge in [-0.2, -0.15) is 0 Å². The van der Waals surface area contributed by atoms with Crippen LogP contribution in [0.2, 0.25) is 0 Å². The van der Waals surface area contributed by atoms with Crippen molar-refractivity contribution in [2.75, 3.05) is 14.1 Å². The summed E-state index contributed by atoms with van der Waals surface area (Å²) in [4.78, 5) is 0. The van der Waals surface area contributed by atoms with Crippen molar-refractivity contribution in [3.63, 3.8) is 0 Å². The molecule has 2 N–H and O–H groups in total. The molecule has 0 aliphatic heterocycles. The lowest BCUT2D eigenvalue weighted by Gasteiger charge is -2.34. The molecule has 0 bridgehead atoms. The fourth-order valence-electron chi connectivity index (χ4n) is 2.86. The van der Waals surface area contributed by atoms with Gasteiger partial charge in [-0.1, -0.05) is 18.2 Å². The molecule has 2 heteroatoms. The quantitative estimate of drug-likeness (QED) is 0.833. The molecule has 1 aliphatic carbocycles. The molecule has 0 radical (unpaired) electrons. The van der Waals surface area contributed by atoms with Gasteiger partial charge in [0, 0.05) is 11.6 Å². The Bertz CT molecular complexity index is 396. The van der Waals surface area contributed by atoms with Gasteiger partial charge in [0.25, 0.3) is 0 Å². The Labute approximate surface area is 105 Å². The molecule has 0 aromatic heterocycles. The Hall–Kier alpha value is -0.860. The van der Waals surface area contributed by atoms with Gasteiger partial charge in [-0.15, -0.1) is 0 Å². The van der Waals surface area contributed by atoms with Gasteiger partial charge in [0.2, 0.25) is 0 Å². The van der Waals surface area contributed by atoms with Crippen molar-refractivity contribution in [1.82, 2.24) is 10.6 Å². The van der Waals surface area contributed by atoms with Crippen LogP contribution in [0.4, 0.5) is 0 Å². The van der Waals surface area contributed by atoms with Crippen LogP contribution in [0, 0.1) is 0 Å². The largest absolute Gasteiger partial charge is 0.313 e. The predicted molar refractivity (Wildman–Crippen MR) is 73.4 cm³/mol. The predicted octanol–water partition coefficient (Wildman–Crippen LogP) is 2.43. The highest BCUT2D eigenvalue weighted by Gasteiger charge is 2.28. The molecule has 1 unspecified atom stereocenters. The average Bonchev–Trinajstić information content (AvgIpc) is 2.77. The number of aryl methyl sites for hydroxylation is 2. The molecule has 2 nitrogen and oxygen atoms in total. The summed E-state index contributed by atoms with van der Waals surface area (Å²) in [5, 5.41) is 6.83. The van der Waals surface area contributed by atoms with E-state index in [4.69, 9.17) is 0 Å². The minimum atomic E-state index is 0.0571. The van der Waals surface area contributed by atoms with E-state index in [2.05, 4.69) is 42.7 Å². The van der Waals surface area contributed by atoms with E-state index in [1.807, 2.05) is 14.1 Å². The lowest BCUT2D eigenvalue weighted by Crippen LogP contribution is -2.47. The van der Waals surface area contributed by atoms with Crippen LogP contribution in [0.5, 0.6) is 0 Å². The molecule has 0 saturated heterocycles. The molecular formula is C15H24N2. The van der Waals surface area contributed by atoms with Gasteiger partial charge in [-0.3, -0.25) is 0 Å². The van der Waals surface area contributed by atoms with Crippen molar-refractivity contribution >= 4 is 0 Å². The van der Waals surface area contributed by atoms with Crippen LogP contribution in [0.3, 0.4) is 0 Å². The van der Waals surface area contributed by atoms with E-state index in [-0.39, 0.29) is 5.54 Å². The van der Waals surface area contributed by atoms with Crippen LogP contribution in [0.1, 0.15) is 43.0 Å².